The van der Waals surface area contributed by atoms with Crippen LogP contribution in [0, 0.1) is 0 Å². The molecule has 198 valence electrons. The van der Waals surface area contributed by atoms with E-state index in [4.69, 9.17) is 9.47 Å². The predicted octanol–water partition coefficient (Wildman–Crippen LogP) is 3.24. The molecule has 0 bridgehead atoms. The van der Waals surface area contributed by atoms with Crippen molar-refractivity contribution < 1.29 is 19.1 Å². The molecule has 0 spiro atoms. The van der Waals surface area contributed by atoms with Gasteiger partial charge in [0.1, 0.15) is 41.4 Å². The van der Waals surface area contributed by atoms with Gasteiger partial charge in [0.25, 0.3) is 11.8 Å². The molecule has 0 atom stereocenters. The Morgan fingerprint density at radius 2 is 1.05 bits per heavy atom. The van der Waals surface area contributed by atoms with Crippen LogP contribution in [0.5, 0.6) is 11.5 Å². The Hall–Kier alpha value is -4.02. The number of hydrogen-bond acceptors (Lipinski definition) is 8. The van der Waals surface area contributed by atoms with Crippen LogP contribution in [0.15, 0.2) is 60.9 Å². The zero-order chi connectivity index (χ0) is 26.2. The van der Waals surface area contributed by atoms with Crippen molar-refractivity contribution in [1.29, 1.82) is 0 Å². The molecule has 3 aromatic rings. The third-order valence-electron chi connectivity index (χ3n) is 6.53. The summed E-state index contributed by atoms with van der Waals surface area (Å²) in [5.74, 6) is 0.657. The summed E-state index contributed by atoms with van der Waals surface area (Å²) in [6, 6.07) is 15.8. The Kier molecular flexibility index (Phi) is 8.42. The summed E-state index contributed by atoms with van der Waals surface area (Å²) in [6.45, 7) is 3.82. The van der Waals surface area contributed by atoms with E-state index in [9.17, 15) is 9.59 Å². The first-order chi connectivity index (χ1) is 18.6. The quantitative estimate of drug-likeness (QED) is 0.360. The highest BCUT2D eigenvalue weighted by molar-refractivity contribution is 6.06. The fraction of sp³-hybridized carbons (Fsp3) is 0.357. The molecule has 3 heterocycles. The largest absolute Gasteiger partial charge is 0.490 e. The number of nitrogens with zero attached hydrogens (tertiary/aromatic N) is 2. The Morgan fingerprint density at radius 3 is 1.45 bits per heavy atom. The van der Waals surface area contributed by atoms with Crippen molar-refractivity contribution in [1.82, 2.24) is 20.6 Å². The van der Waals surface area contributed by atoms with Gasteiger partial charge in [0, 0.05) is 17.4 Å². The second-order valence-corrected chi connectivity index (χ2v) is 9.38. The number of amides is 2. The Morgan fingerprint density at radius 1 is 0.658 bits per heavy atom. The number of carbonyl (C=O) groups is 2. The minimum atomic E-state index is -0.437. The molecule has 2 saturated heterocycles. The van der Waals surface area contributed by atoms with E-state index in [-0.39, 0.29) is 23.6 Å². The summed E-state index contributed by atoms with van der Waals surface area (Å²) < 4.78 is 12.0. The maximum Gasteiger partial charge on any atom is 0.274 e. The number of anilines is 2. The first-order valence-electron chi connectivity index (χ1n) is 13.0. The minimum absolute atomic E-state index is 0.0888. The number of ether oxygens (including phenoxy) is 2. The molecule has 2 amide bonds. The average Bonchev–Trinajstić information content (AvgIpc) is 2.96. The monoisotopic (exact) mass is 516 g/mol. The highest BCUT2D eigenvalue weighted by Crippen LogP contribution is 2.21. The van der Waals surface area contributed by atoms with Crippen LogP contribution in [0.4, 0.5) is 11.4 Å². The Labute approximate surface area is 221 Å². The van der Waals surface area contributed by atoms with Crippen LogP contribution in [0.3, 0.4) is 0 Å². The molecule has 38 heavy (non-hydrogen) atoms. The number of carbonyl (C=O) groups excluding carboxylic acids is 2. The summed E-state index contributed by atoms with van der Waals surface area (Å²) in [6.07, 6.45) is 5.50. The molecule has 2 fully saturated rings. The molecule has 2 aliphatic rings. The standard InChI is InChI=1S/C28H32N6O4/c35-27(33-19-1-5-21(6-2-19)37-23-9-13-29-14-10-23)25-17-26(32-18-31-25)28(36)34-20-3-7-22(8-4-20)38-24-11-15-30-16-12-24/h1-8,17-18,23-24,29-30H,9-16H2,(H,33,35)(H,34,36). The van der Waals surface area contributed by atoms with Crippen LogP contribution in [0.25, 0.3) is 0 Å². The summed E-state index contributed by atoms with van der Waals surface area (Å²) in [4.78, 5) is 33.6. The van der Waals surface area contributed by atoms with Gasteiger partial charge in [-0.25, -0.2) is 9.97 Å². The maximum absolute atomic E-state index is 12.8. The maximum atomic E-state index is 12.8. The highest BCUT2D eigenvalue weighted by atomic mass is 16.5. The molecule has 2 aromatic carbocycles. The van der Waals surface area contributed by atoms with E-state index < -0.39 is 11.8 Å². The lowest BCUT2D eigenvalue weighted by atomic mass is 10.1. The zero-order valence-corrected chi connectivity index (χ0v) is 21.1. The number of hydrogen-bond donors (Lipinski definition) is 4. The lowest BCUT2D eigenvalue weighted by Crippen LogP contribution is -2.34. The van der Waals surface area contributed by atoms with Gasteiger partial charge in [-0.1, -0.05) is 0 Å². The molecule has 0 unspecified atom stereocenters. The molecular weight excluding hydrogens is 484 g/mol. The van der Waals surface area contributed by atoms with Gasteiger partial charge in [0.2, 0.25) is 0 Å². The summed E-state index contributed by atoms with van der Waals surface area (Å²) in [5.41, 5.74) is 1.38. The fourth-order valence-corrected chi connectivity index (χ4v) is 4.44. The SMILES string of the molecule is O=C(Nc1ccc(OC2CCNCC2)cc1)c1cc(C(=O)Nc2ccc(OC3CCNCC3)cc2)ncn1. The summed E-state index contributed by atoms with van der Waals surface area (Å²) in [7, 11) is 0. The molecule has 0 radical (unpaired) electrons. The molecular formula is C28H32N6O4. The number of benzene rings is 2. The van der Waals surface area contributed by atoms with E-state index in [0.717, 1.165) is 63.4 Å². The molecule has 10 nitrogen and oxygen atoms in total. The number of nitrogens with one attached hydrogen (secondary N) is 4. The lowest BCUT2D eigenvalue weighted by molar-refractivity contribution is 0.102. The van der Waals surface area contributed by atoms with Gasteiger partial charge in [-0.2, -0.15) is 0 Å². The van der Waals surface area contributed by atoms with Crippen molar-refractivity contribution in [3.05, 3.63) is 72.3 Å². The molecule has 0 aliphatic carbocycles. The smallest absolute Gasteiger partial charge is 0.274 e. The highest BCUT2D eigenvalue weighted by Gasteiger charge is 2.17. The van der Waals surface area contributed by atoms with Gasteiger partial charge in [-0.15, -0.1) is 0 Å². The van der Waals surface area contributed by atoms with Crippen LogP contribution in [0.2, 0.25) is 0 Å². The molecule has 2 aliphatic heterocycles. The normalized spacial score (nSPS) is 16.4. The third kappa shape index (κ3) is 7.05. The second-order valence-electron chi connectivity index (χ2n) is 9.38. The van der Waals surface area contributed by atoms with Crippen molar-refractivity contribution in [2.75, 3.05) is 36.8 Å². The molecule has 5 rings (SSSR count). The Balaban J connectivity index is 1.14. The van der Waals surface area contributed by atoms with Crippen molar-refractivity contribution in [2.24, 2.45) is 0 Å². The van der Waals surface area contributed by atoms with Crippen LogP contribution in [-0.4, -0.2) is 60.2 Å². The van der Waals surface area contributed by atoms with Crippen LogP contribution < -0.4 is 30.7 Å². The van der Waals surface area contributed by atoms with E-state index in [1.54, 1.807) is 24.3 Å². The molecule has 1 aromatic heterocycles. The predicted molar refractivity (Wildman–Crippen MR) is 144 cm³/mol. The van der Waals surface area contributed by atoms with Gasteiger partial charge in [-0.05, 0) is 100 Å². The first kappa shape index (κ1) is 25.6. The van der Waals surface area contributed by atoms with E-state index in [1.807, 2.05) is 24.3 Å². The topological polar surface area (TPSA) is 127 Å². The van der Waals surface area contributed by atoms with Crippen molar-refractivity contribution >= 4 is 23.2 Å². The average molecular weight is 517 g/mol. The van der Waals surface area contributed by atoms with E-state index in [2.05, 4.69) is 31.2 Å². The van der Waals surface area contributed by atoms with Crippen molar-refractivity contribution in [3.8, 4) is 11.5 Å². The van der Waals surface area contributed by atoms with Gasteiger partial charge in [0.15, 0.2) is 0 Å². The summed E-state index contributed by atoms with van der Waals surface area (Å²) in [5, 5.41) is 12.2. The second kappa shape index (κ2) is 12.5. The van der Waals surface area contributed by atoms with Crippen LogP contribution in [0.1, 0.15) is 46.7 Å². The first-order valence-corrected chi connectivity index (χ1v) is 13.0. The minimum Gasteiger partial charge on any atom is -0.490 e. The Bertz CT molecular complexity index is 1130. The van der Waals surface area contributed by atoms with E-state index in [0.29, 0.717) is 11.4 Å². The van der Waals surface area contributed by atoms with Crippen LogP contribution in [-0.2, 0) is 0 Å². The number of piperidine rings is 2. The van der Waals surface area contributed by atoms with Crippen molar-refractivity contribution in [2.45, 2.75) is 37.9 Å². The third-order valence-corrected chi connectivity index (χ3v) is 6.53. The van der Waals surface area contributed by atoms with Gasteiger partial charge in [-0.3, -0.25) is 9.59 Å². The number of aromatic nitrogens is 2. The zero-order valence-electron chi connectivity index (χ0n) is 21.1. The molecule has 10 heteroatoms. The van der Waals surface area contributed by atoms with Crippen LogP contribution >= 0.6 is 0 Å². The lowest BCUT2D eigenvalue weighted by Gasteiger charge is -2.23. The molecule has 0 saturated carbocycles. The fourth-order valence-electron chi connectivity index (χ4n) is 4.44. The van der Waals surface area contributed by atoms with E-state index in [1.165, 1.54) is 12.4 Å². The number of rotatable bonds is 8. The molecule has 4 N–H and O–H groups in total. The van der Waals surface area contributed by atoms with Crippen molar-refractivity contribution in [3.63, 3.8) is 0 Å². The van der Waals surface area contributed by atoms with Gasteiger partial charge >= 0.3 is 0 Å². The van der Waals surface area contributed by atoms with Gasteiger partial charge < -0.3 is 30.7 Å². The van der Waals surface area contributed by atoms with Gasteiger partial charge in [0.05, 0.1) is 0 Å². The van der Waals surface area contributed by atoms with E-state index >= 15 is 0 Å². The summed E-state index contributed by atoms with van der Waals surface area (Å²) >= 11 is 0.